The summed E-state index contributed by atoms with van der Waals surface area (Å²) in [7, 11) is 0. The van der Waals surface area contributed by atoms with E-state index >= 15 is 0 Å². The molecule has 1 fully saturated rings. The minimum absolute atomic E-state index is 0.166. The minimum Gasteiger partial charge on any atom is -0.392 e. The van der Waals surface area contributed by atoms with Crippen molar-refractivity contribution in [1.82, 2.24) is 9.55 Å². The highest BCUT2D eigenvalue weighted by Crippen LogP contribution is 2.32. The predicted molar refractivity (Wildman–Crippen MR) is 121 cm³/mol. The summed E-state index contributed by atoms with van der Waals surface area (Å²) in [6, 6.07) is 13.0. The van der Waals surface area contributed by atoms with E-state index in [1.54, 1.807) is 29.1 Å². The van der Waals surface area contributed by atoms with Crippen LogP contribution in [0, 0.1) is 5.92 Å². The second-order valence-electron chi connectivity index (χ2n) is 8.22. The average Bonchev–Trinajstić information content (AvgIpc) is 3.20. The van der Waals surface area contributed by atoms with Crippen LogP contribution in [-0.4, -0.2) is 38.6 Å². The molecule has 5 rings (SSSR count). The third-order valence-corrected chi connectivity index (χ3v) is 6.79. The number of alkyl halides is 1. The van der Waals surface area contributed by atoms with Gasteiger partial charge in [0.2, 0.25) is 5.91 Å². The van der Waals surface area contributed by atoms with Gasteiger partial charge in [-0.2, -0.15) is 0 Å². The zero-order valence-corrected chi connectivity index (χ0v) is 17.5. The summed E-state index contributed by atoms with van der Waals surface area (Å²) in [5.74, 6) is -0.487. The number of hydrogen-bond donors (Lipinski definition) is 3. The van der Waals surface area contributed by atoms with Gasteiger partial charge in [0.15, 0.2) is 0 Å². The maximum atomic E-state index is 13.5. The fourth-order valence-electron chi connectivity index (χ4n) is 4.59. The van der Waals surface area contributed by atoms with Crippen molar-refractivity contribution in [1.29, 1.82) is 0 Å². The standard InChI is InChI=1S/C23H23ClN4O3/c24-15-10-13(8-9-20(15)29)22(30)27-18-7-3-6-17-21(18)23(31)28(12-26-17)19-11-25-16-5-2-1-4-14(16)19/h1-7,12-13,15,19-20,25,29H,8-11H2,(H,27,30). The van der Waals surface area contributed by atoms with E-state index in [1.807, 2.05) is 24.3 Å². The topological polar surface area (TPSA) is 96.3 Å². The molecule has 3 N–H and O–H groups in total. The van der Waals surface area contributed by atoms with Crippen LogP contribution >= 0.6 is 11.6 Å². The number of aromatic nitrogens is 2. The quantitative estimate of drug-likeness (QED) is 0.546. The fraction of sp³-hybridized carbons (Fsp3) is 0.348. The molecule has 0 radical (unpaired) electrons. The molecule has 0 spiro atoms. The van der Waals surface area contributed by atoms with Crippen molar-refractivity contribution in [3.63, 3.8) is 0 Å². The molecule has 1 aliphatic carbocycles. The number of amides is 1. The van der Waals surface area contributed by atoms with E-state index in [0.717, 1.165) is 11.3 Å². The zero-order chi connectivity index (χ0) is 21.5. The normalized spacial score (nSPS) is 25.1. The maximum Gasteiger partial charge on any atom is 0.263 e. The molecule has 160 valence electrons. The Labute approximate surface area is 184 Å². The molecule has 31 heavy (non-hydrogen) atoms. The molecule has 4 atom stereocenters. The van der Waals surface area contributed by atoms with Crippen LogP contribution in [0.3, 0.4) is 0 Å². The first-order chi connectivity index (χ1) is 15.0. The number of nitrogens with zero attached hydrogens (tertiary/aromatic N) is 2. The van der Waals surface area contributed by atoms with Gasteiger partial charge in [-0.25, -0.2) is 4.98 Å². The van der Waals surface area contributed by atoms with Crippen molar-refractivity contribution in [3.05, 3.63) is 64.7 Å². The van der Waals surface area contributed by atoms with Crippen molar-refractivity contribution >= 4 is 39.8 Å². The van der Waals surface area contributed by atoms with E-state index in [4.69, 9.17) is 11.6 Å². The van der Waals surface area contributed by atoms with Crippen molar-refractivity contribution in [3.8, 4) is 0 Å². The molecule has 0 saturated heterocycles. The number of hydrogen-bond acceptors (Lipinski definition) is 5. The molecule has 8 heteroatoms. The molecule has 1 aliphatic heterocycles. The molecule has 7 nitrogen and oxygen atoms in total. The largest absolute Gasteiger partial charge is 0.392 e. The summed E-state index contributed by atoms with van der Waals surface area (Å²) in [6.07, 6.45) is 2.46. The zero-order valence-electron chi connectivity index (χ0n) is 16.8. The third kappa shape index (κ3) is 3.58. The van der Waals surface area contributed by atoms with Crippen molar-refractivity contribution < 1.29 is 9.90 Å². The number of anilines is 2. The molecular formula is C23H23ClN4O3. The Kier molecular flexibility index (Phi) is 5.16. The van der Waals surface area contributed by atoms with Crippen LogP contribution in [0.2, 0.25) is 0 Å². The Morgan fingerprint density at radius 1 is 1.19 bits per heavy atom. The summed E-state index contributed by atoms with van der Waals surface area (Å²) in [5, 5.41) is 16.0. The number of halogens is 1. The van der Waals surface area contributed by atoms with Gasteiger partial charge >= 0.3 is 0 Å². The molecule has 1 amide bonds. The van der Waals surface area contributed by atoms with Crippen LogP contribution in [0.5, 0.6) is 0 Å². The maximum absolute atomic E-state index is 13.5. The van der Waals surface area contributed by atoms with Gasteiger partial charge in [0.25, 0.3) is 5.56 Å². The summed E-state index contributed by atoms with van der Waals surface area (Å²) < 4.78 is 1.63. The first kappa shape index (κ1) is 20.0. The summed E-state index contributed by atoms with van der Waals surface area (Å²) >= 11 is 6.16. The lowest BCUT2D eigenvalue weighted by atomic mass is 9.86. The number of aliphatic hydroxyl groups excluding tert-OH is 1. The van der Waals surface area contributed by atoms with E-state index in [2.05, 4.69) is 15.6 Å². The van der Waals surface area contributed by atoms with E-state index < -0.39 is 11.5 Å². The van der Waals surface area contributed by atoms with E-state index in [1.165, 1.54) is 0 Å². The second kappa shape index (κ2) is 7.98. The van der Waals surface area contributed by atoms with E-state index in [0.29, 0.717) is 42.4 Å². The highest BCUT2D eigenvalue weighted by Gasteiger charge is 2.32. The number of carbonyl (C=O) groups is 1. The van der Waals surface area contributed by atoms with Crippen LogP contribution in [0.15, 0.2) is 53.6 Å². The first-order valence-electron chi connectivity index (χ1n) is 10.5. The highest BCUT2D eigenvalue weighted by atomic mass is 35.5. The second-order valence-corrected chi connectivity index (χ2v) is 8.78. The number of fused-ring (bicyclic) bond motifs is 2. The Morgan fingerprint density at radius 2 is 2.03 bits per heavy atom. The molecule has 2 aliphatic rings. The van der Waals surface area contributed by atoms with Gasteiger partial charge in [0.1, 0.15) is 0 Å². The van der Waals surface area contributed by atoms with Crippen LogP contribution in [0.4, 0.5) is 11.4 Å². The van der Waals surface area contributed by atoms with Crippen LogP contribution in [0.1, 0.15) is 30.9 Å². The average molecular weight is 439 g/mol. The lowest BCUT2D eigenvalue weighted by Crippen LogP contribution is -2.35. The number of carbonyl (C=O) groups excluding carboxylic acids is 1. The lowest BCUT2D eigenvalue weighted by Gasteiger charge is -2.28. The van der Waals surface area contributed by atoms with E-state index in [-0.39, 0.29) is 23.4 Å². The van der Waals surface area contributed by atoms with Gasteiger partial charge in [0, 0.05) is 18.2 Å². The first-order valence-corrected chi connectivity index (χ1v) is 10.9. The molecule has 0 bridgehead atoms. The molecule has 2 aromatic carbocycles. The number of aliphatic hydroxyl groups is 1. The molecular weight excluding hydrogens is 416 g/mol. The molecule has 1 aromatic heterocycles. The van der Waals surface area contributed by atoms with Crippen LogP contribution in [0.25, 0.3) is 10.9 Å². The van der Waals surface area contributed by atoms with Gasteiger partial charge in [-0.1, -0.05) is 24.3 Å². The fourth-order valence-corrected chi connectivity index (χ4v) is 4.93. The number of para-hydroxylation sites is 1. The molecule has 3 aromatic rings. The Morgan fingerprint density at radius 3 is 2.87 bits per heavy atom. The Bertz CT molecular complexity index is 1210. The third-order valence-electron chi connectivity index (χ3n) is 6.32. The van der Waals surface area contributed by atoms with Gasteiger partial charge in [-0.05, 0) is 43.0 Å². The Balaban J connectivity index is 1.50. The van der Waals surface area contributed by atoms with Gasteiger partial charge < -0.3 is 15.7 Å². The minimum atomic E-state index is -0.581. The smallest absolute Gasteiger partial charge is 0.263 e. The highest BCUT2D eigenvalue weighted by molar-refractivity contribution is 6.21. The van der Waals surface area contributed by atoms with E-state index in [9.17, 15) is 14.7 Å². The van der Waals surface area contributed by atoms with Crippen molar-refractivity contribution in [2.45, 2.75) is 36.8 Å². The summed E-state index contributed by atoms with van der Waals surface area (Å²) in [6.45, 7) is 0.600. The van der Waals surface area contributed by atoms with Gasteiger partial charge in [-0.3, -0.25) is 14.2 Å². The van der Waals surface area contributed by atoms with Gasteiger partial charge in [0.05, 0.1) is 40.4 Å². The number of nitrogens with one attached hydrogen (secondary N) is 2. The molecule has 2 heterocycles. The molecule has 1 saturated carbocycles. The SMILES string of the molecule is O=C(Nc1cccc2ncn(C3CNc4ccccc43)c(=O)c12)C1CCC(O)C(Cl)C1. The summed E-state index contributed by atoms with van der Waals surface area (Å²) in [4.78, 5) is 30.9. The Hall–Kier alpha value is -2.90. The molecule has 4 unspecified atom stereocenters. The summed E-state index contributed by atoms with van der Waals surface area (Å²) in [5.41, 5.74) is 2.84. The van der Waals surface area contributed by atoms with Crippen molar-refractivity contribution in [2.24, 2.45) is 5.92 Å². The van der Waals surface area contributed by atoms with Crippen LogP contribution < -0.4 is 16.2 Å². The number of benzene rings is 2. The van der Waals surface area contributed by atoms with Gasteiger partial charge in [-0.15, -0.1) is 11.6 Å². The number of rotatable bonds is 3. The monoisotopic (exact) mass is 438 g/mol. The van der Waals surface area contributed by atoms with Crippen LogP contribution in [-0.2, 0) is 4.79 Å². The lowest BCUT2D eigenvalue weighted by molar-refractivity contribution is -0.121. The predicted octanol–water partition coefficient (Wildman–Crippen LogP) is 3.12. The van der Waals surface area contributed by atoms with Crippen molar-refractivity contribution in [2.75, 3.05) is 17.2 Å².